The molecular weight excluding hydrogens is 184 g/mol. The predicted molar refractivity (Wildman–Crippen MR) is 66.6 cm³/mol. The second-order valence-electron chi connectivity index (χ2n) is 4.01. The standard InChI is InChI=1S/C13H20N2/c1-6-10(5)8-12-11(7-2)14-13(15-12)9(3)4/h7-8,10H,3,6H2,1-2,4-5H3,(H,14,15)/b11-7+,12-8+. The average Bonchev–Trinajstić information content (AvgIpc) is 2.61. The Morgan fingerprint density at radius 1 is 1.60 bits per heavy atom. The molecule has 1 heterocycles. The van der Waals surface area contributed by atoms with Crippen LogP contribution in [0.3, 0.4) is 0 Å². The molecular formula is C13H20N2. The predicted octanol–water partition coefficient (Wildman–Crippen LogP) is 2.07. The molecule has 1 aromatic rings. The topological polar surface area (TPSA) is 28.7 Å². The molecule has 15 heavy (non-hydrogen) atoms. The Morgan fingerprint density at radius 3 is 2.73 bits per heavy atom. The molecule has 0 radical (unpaired) electrons. The van der Waals surface area contributed by atoms with Gasteiger partial charge in [0.05, 0.1) is 10.7 Å². The largest absolute Gasteiger partial charge is 0.339 e. The van der Waals surface area contributed by atoms with Gasteiger partial charge in [0, 0.05) is 0 Å². The quantitative estimate of drug-likeness (QED) is 0.802. The lowest BCUT2D eigenvalue weighted by Crippen LogP contribution is -2.24. The molecule has 1 atom stereocenters. The minimum Gasteiger partial charge on any atom is -0.339 e. The Hall–Kier alpha value is -1.31. The second kappa shape index (κ2) is 4.96. The number of aromatic amines is 1. The Labute approximate surface area is 91.4 Å². The molecule has 0 aliphatic rings. The number of hydrogen-bond acceptors (Lipinski definition) is 1. The van der Waals surface area contributed by atoms with Gasteiger partial charge in [-0.3, -0.25) is 0 Å². The van der Waals surface area contributed by atoms with Crippen molar-refractivity contribution in [2.75, 3.05) is 0 Å². The first-order chi connectivity index (χ1) is 7.08. The normalized spacial score (nSPS) is 15.7. The number of H-pyrrole nitrogens is 1. The highest BCUT2D eigenvalue weighted by atomic mass is 14.9. The molecule has 0 aromatic carbocycles. The number of aromatic nitrogens is 2. The zero-order valence-electron chi connectivity index (χ0n) is 10.1. The molecule has 1 aromatic heterocycles. The SMILES string of the molecule is C=C(C)c1nc(=C/C)/c(=C\C(C)CC)[nH]1. The summed E-state index contributed by atoms with van der Waals surface area (Å²) in [6.45, 7) is 12.3. The lowest BCUT2D eigenvalue weighted by molar-refractivity contribution is 0.733. The van der Waals surface area contributed by atoms with E-state index < -0.39 is 0 Å². The zero-order chi connectivity index (χ0) is 11.4. The van der Waals surface area contributed by atoms with Crippen molar-refractivity contribution in [1.29, 1.82) is 0 Å². The molecule has 1 unspecified atom stereocenters. The van der Waals surface area contributed by atoms with Gasteiger partial charge in [0.15, 0.2) is 0 Å². The fourth-order valence-corrected chi connectivity index (χ4v) is 1.35. The van der Waals surface area contributed by atoms with Gasteiger partial charge in [0.1, 0.15) is 5.82 Å². The van der Waals surface area contributed by atoms with E-state index in [1.807, 2.05) is 19.9 Å². The fraction of sp³-hybridized carbons (Fsp3) is 0.462. The van der Waals surface area contributed by atoms with Crippen LogP contribution in [0.1, 0.15) is 39.9 Å². The maximum Gasteiger partial charge on any atom is 0.133 e. The van der Waals surface area contributed by atoms with E-state index in [9.17, 15) is 0 Å². The van der Waals surface area contributed by atoms with Crippen LogP contribution in [0.15, 0.2) is 6.58 Å². The van der Waals surface area contributed by atoms with E-state index in [1.54, 1.807) is 0 Å². The van der Waals surface area contributed by atoms with Gasteiger partial charge in [-0.15, -0.1) is 0 Å². The van der Waals surface area contributed by atoms with Crippen molar-refractivity contribution in [3.63, 3.8) is 0 Å². The summed E-state index contributed by atoms with van der Waals surface area (Å²) in [7, 11) is 0. The first-order valence-electron chi connectivity index (χ1n) is 5.48. The highest BCUT2D eigenvalue weighted by molar-refractivity contribution is 5.54. The molecule has 1 N–H and O–H groups in total. The molecule has 0 saturated carbocycles. The molecule has 0 saturated heterocycles. The first-order valence-corrected chi connectivity index (χ1v) is 5.48. The number of allylic oxidation sites excluding steroid dienone is 1. The van der Waals surface area contributed by atoms with Crippen molar-refractivity contribution < 1.29 is 0 Å². The molecule has 82 valence electrons. The van der Waals surface area contributed by atoms with Crippen LogP contribution >= 0.6 is 0 Å². The van der Waals surface area contributed by atoms with Crippen LogP contribution in [0.4, 0.5) is 0 Å². The maximum atomic E-state index is 4.47. The van der Waals surface area contributed by atoms with Gasteiger partial charge in [-0.2, -0.15) is 0 Å². The summed E-state index contributed by atoms with van der Waals surface area (Å²) in [6.07, 6.45) is 5.40. The van der Waals surface area contributed by atoms with Gasteiger partial charge in [-0.25, -0.2) is 4.98 Å². The molecule has 0 aliphatic heterocycles. The van der Waals surface area contributed by atoms with E-state index in [2.05, 4.69) is 36.5 Å². The third kappa shape index (κ3) is 2.82. The minimum atomic E-state index is 0.571. The number of nitrogens with one attached hydrogen (secondary N) is 1. The number of rotatable bonds is 3. The Balaban J connectivity index is 3.30. The average molecular weight is 204 g/mol. The van der Waals surface area contributed by atoms with Crippen LogP contribution in [-0.2, 0) is 0 Å². The molecule has 1 rings (SSSR count). The molecule has 2 heteroatoms. The first kappa shape index (κ1) is 11.8. The minimum absolute atomic E-state index is 0.571. The van der Waals surface area contributed by atoms with Crippen molar-refractivity contribution in [3.8, 4) is 0 Å². The third-order valence-corrected chi connectivity index (χ3v) is 2.53. The van der Waals surface area contributed by atoms with Crippen molar-refractivity contribution in [2.45, 2.75) is 34.1 Å². The van der Waals surface area contributed by atoms with Crippen molar-refractivity contribution in [2.24, 2.45) is 5.92 Å². The Kier molecular flexibility index (Phi) is 3.89. The summed E-state index contributed by atoms with van der Waals surface area (Å²) in [6, 6.07) is 0. The molecule has 0 spiro atoms. The molecule has 0 fully saturated rings. The van der Waals surface area contributed by atoms with E-state index in [4.69, 9.17) is 0 Å². The van der Waals surface area contributed by atoms with E-state index >= 15 is 0 Å². The van der Waals surface area contributed by atoms with Crippen LogP contribution in [0.5, 0.6) is 0 Å². The van der Waals surface area contributed by atoms with E-state index in [0.717, 1.165) is 28.5 Å². The Bertz CT molecular complexity index is 451. The van der Waals surface area contributed by atoms with Crippen molar-refractivity contribution >= 4 is 17.7 Å². The molecule has 2 nitrogen and oxygen atoms in total. The van der Waals surface area contributed by atoms with E-state index in [-0.39, 0.29) is 0 Å². The van der Waals surface area contributed by atoms with Crippen LogP contribution in [0, 0.1) is 5.92 Å². The summed E-state index contributed by atoms with van der Waals surface area (Å²) in [4.78, 5) is 7.77. The van der Waals surface area contributed by atoms with Gasteiger partial charge in [0.25, 0.3) is 0 Å². The summed E-state index contributed by atoms with van der Waals surface area (Å²) in [5, 5.41) is 2.14. The van der Waals surface area contributed by atoms with Crippen LogP contribution in [0.2, 0.25) is 0 Å². The van der Waals surface area contributed by atoms with Gasteiger partial charge in [0.2, 0.25) is 0 Å². The summed E-state index contributed by atoms with van der Waals surface area (Å²) >= 11 is 0. The van der Waals surface area contributed by atoms with Gasteiger partial charge >= 0.3 is 0 Å². The monoisotopic (exact) mass is 204 g/mol. The molecule has 0 aliphatic carbocycles. The smallest absolute Gasteiger partial charge is 0.133 e. The fourth-order valence-electron chi connectivity index (χ4n) is 1.35. The van der Waals surface area contributed by atoms with Gasteiger partial charge in [-0.05, 0) is 25.3 Å². The molecule has 0 amide bonds. The third-order valence-electron chi connectivity index (χ3n) is 2.53. The number of nitrogens with zero attached hydrogens (tertiary/aromatic N) is 1. The lowest BCUT2D eigenvalue weighted by atomic mass is 10.1. The Morgan fingerprint density at radius 2 is 2.27 bits per heavy atom. The highest BCUT2D eigenvalue weighted by Gasteiger charge is 2.00. The number of hydrogen-bond donors (Lipinski definition) is 1. The summed E-state index contributed by atoms with van der Waals surface area (Å²) in [5.41, 5.74) is 0.974. The lowest BCUT2D eigenvalue weighted by Gasteiger charge is -1.97. The zero-order valence-corrected chi connectivity index (χ0v) is 10.1. The van der Waals surface area contributed by atoms with Crippen LogP contribution in [-0.4, -0.2) is 9.97 Å². The van der Waals surface area contributed by atoms with E-state index in [1.165, 1.54) is 0 Å². The van der Waals surface area contributed by atoms with Crippen molar-refractivity contribution in [3.05, 3.63) is 23.1 Å². The molecule has 0 bridgehead atoms. The van der Waals surface area contributed by atoms with Gasteiger partial charge < -0.3 is 4.98 Å². The van der Waals surface area contributed by atoms with Crippen molar-refractivity contribution in [1.82, 2.24) is 9.97 Å². The second-order valence-corrected chi connectivity index (χ2v) is 4.01. The summed E-state index contributed by atoms with van der Waals surface area (Å²) in [5.74, 6) is 1.46. The van der Waals surface area contributed by atoms with E-state index in [0.29, 0.717) is 5.92 Å². The van der Waals surface area contributed by atoms with Crippen LogP contribution < -0.4 is 10.7 Å². The highest BCUT2D eigenvalue weighted by Crippen LogP contribution is 2.02. The maximum absolute atomic E-state index is 4.47. The van der Waals surface area contributed by atoms with Crippen LogP contribution in [0.25, 0.3) is 17.7 Å². The number of imidazole rings is 1. The summed E-state index contributed by atoms with van der Waals surface area (Å²) < 4.78 is 0. The van der Waals surface area contributed by atoms with Gasteiger partial charge in [-0.1, -0.05) is 39.0 Å².